The lowest BCUT2D eigenvalue weighted by Crippen LogP contribution is -2.46. The molecule has 0 aromatic heterocycles. The summed E-state index contributed by atoms with van der Waals surface area (Å²) in [5, 5.41) is 12.2. The minimum absolute atomic E-state index is 0.0489. The van der Waals surface area contributed by atoms with Gasteiger partial charge in [-0.15, -0.1) is 0 Å². The van der Waals surface area contributed by atoms with Crippen molar-refractivity contribution in [1.29, 1.82) is 0 Å². The van der Waals surface area contributed by atoms with Crippen molar-refractivity contribution in [3.63, 3.8) is 0 Å². The predicted molar refractivity (Wildman–Crippen MR) is 105 cm³/mol. The van der Waals surface area contributed by atoms with Gasteiger partial charge < -0.3 is 14.4 Å². The van der Waals surface area contributed by atoms with Crippen LogP contribution in [-0.4, -0.2) is 50.2 Å². The fourth-order valence-electron chi connectivity index (χ4n) is 3.26. The summed E-state index contributed by atoms with van der Waals surface area (Å²) in [7, 11) is 3.00. The van der Waals surface area contributed by atoms with Gasteiger partial charge in [-0.1, -0.05) is 11.6 Å². The first-order valence-corrected chi connectivity index (χ1v) is 9.01. The third-order valence-electron chi connectivity index (χ3n) is 4.74. The molecule has 2 aromatic carbocycles. The van der Waals surface area contributed by atoms with Crippen LogP contribution in [0.4, 0.5) is 11.4 Å². The fourth-order valence-corrected chi connectivity index (χ4v) is 3.39. The number of nitro groups is 1. The van der Waals surface area contributed by atoms with Gasteiger partial charge in [0, 0.05) is 49.0 Å². The molecule has 7 nitrogen and oxygen atoms in total. The van der Waals surface area contributed by atoms with E-state index in [-0.39, 0.29) is 10.6 Å². The summed E-state index contributed by atoms with van der Waals surface area (Å²) in [6.45, 7) is 3.82. The van der Waals surface area contributed by atoms with Crippen molar-refractivity contribution in [3.8, 4) is 11.5 Å². The van der Waals surface area contributed by atoms with E-state index in [4.69, 9.17) is 21.1 Å². The lowest BCUT2D eigenvalue weighted by Gasteiger charge is -2.36. The highest BCUT2D eigenvalue weighted by atomic mass is 35.5. The summed E-state index contributed by atoms with van der Waals surface area (Å²) in [6, 6.07) is 10.9. The molecule has 0 spiro atoms. The van der Waals surface area contributed by atoms with E-state index >= 15 is 0 Å². The molecule has 0 unspecified atom stereocenters. The van der Waals surface area contributed by atoms with Gasteiger partial charge in [0.1, 0.15) is 0 Å². The first-order valence-electron chi connectivity index (χ1n) is 8.64. The Morgan fingerprint density at radius 3 is 2.19 bits per heavy atom. The van der Waals surface area contributed by atoms with Crippen LogP contribution in [0.5, 0.6) is 11.5 Å². The fraction of sp³-hybridized carbons (Fsp3) is 0.368. The Morgan fingerprint density at radius 1 is 1.04 bits per heavy atom. The van der Waals surface area contributed by atoms with Crippen molar-refractivity contribution in [1.82, 2.24) is 4.90 Å². The number of ether oxygens (including phenoxy) is 2. The quantitative estimate of drug-likeness (QED) is 0.553. The standard InChI is InChI=1S/C19H22ClN3O4/c1-26-18-11-14(17(23(24)25)12-19(18)27-2)13-21-7-9-22(10-8-21)16-5-3-15(20)4-6-16/h3-6,11-12H,7-10,13H2,1-2H3. The highest BCUT2D eigenvalue weighted by molar-refractivity contribution is 6.30. The summed E-state index contributed by atoms with van der Waals surface area (Å²) in [5.41, 5.74) is 1.81. The van der Waals surface area contributed by atoms with Gasteiger partial charge in [0.05, 0.1) is 25.2 Å². The first kappa shape index (κ1) is 19.3. The molecule has 0 N–H and O–H groups in total. The zero-order valence-electron chi connectivity index (χ0n) is 15.4. The van der Waals surface area contributed by atoms with E-state index in [9.17, 15) is 10.1 Å². The van der Waals surface area contributed by atoms with Crippen LogP contribution in [0.1, 0.15) is 5.56 Å². The molecule has 0 radical (unpaired) electrons. The second-order valence-corrected chi connectivity index (χ2v) is 6.77. The average Bonchev–Trinajstić information content (AvgIpc) is 2.68. The second kappa shape index (κ2) is 8.45. The summed E-state index contributed by atoms with van der Waals surface area (Å²) < 4.78 is 10.5. The lowest BCUT2D eigenvalue weighted by molar-refractivity contribution is -0.385. The zero-order chi connectivity index (χ0) is 19.4. The van der Waals surface area contributed by atoms with Crippen LogP contribution in [0.2, 0.25) is 5.02 Å². The normalized spacial score (nSPS) is 14.9. The number of hydrogen-bond acceptors (Lipinski definition) is 6. The van der Waals surface area contributed by atoms with Crippen molar-refractivity contribution in [2.75, 3.05) is 45.3 Å². The van der Waals surface area contributed by atoms with Crippen molar-refractivity contribution < 1.29 is 14.4 Å². The highest BCUT2D eigenvalue weighted by Crippen LogP contribution is 2.35. The molecule has 0 bridgehead atoms. The minimum atomic E-state index is -0.374. The molecule has 1 aliphatic rings. The molecule has 144 valence electrons. The molecule has 0 saturated carbocycles. The Hall–Kier alpha value is -2.51. The monoisotopic (exact) mass is 391 g/mol. The molecule has 8 heteroatoms. The summed E-state index contributed by atoms with van der Waals surface area (Å²) in [6.07, 6.45) is 0. The Morgan fingerprint density at radius 2 is 1.63 bits per heavy atom. The Balaban J connectivity index is 1.71. The van der Waals surface area contributed by atoms with Gasteiger partial charge >= 0.3 is 0 Å². The van der Waals surface area contributed by atoms with Gasteiger partial charge in [-0.3, -0.25) is 15.0 Å². The van der Waals surface area contributed by atoms with Crippen LogP contribution in [0.25, 0.3) is 0 Å². The average molecular weight is 392 g/mol. The van der Waals surface area contributed by atoms with Gasteiger partial charge in [-0.05, 0) is 30.3 Å². The third kappa shape index (κ3) is 4.43. The summed E-state index contributed by atoms with van der Waals surface area (Å²) in [5.74, 6) is 0.860. The van der Waals surface area contributed by atoms with E-state index in [0.29, 0.717) is 23.6 Å². The molecule has 0 atom stereocenters. The lowest BCUT2D eigenvalue weighted by atomic mass is 10.1. The first-order chi connectivity index (χ1) is 13.0. The molecule has 0 amide bonds. The SMILES string of the molecule is COc1cc(CN2CCN(c3ccc(Cl)cc3)CC2)c([N+](=O)[O-])cc1OC. The number of nitrogens with zero attached hydrogens (tertiary/aromatic N) is 3. The number of benzene rings is 2. The van der Waals surface area contributed by atoms with Crippen LogP contribution < -0.4 is 14.4 Å². The van der Waals surface area contributed by atoms with Gasteiger partial charge in [0.2, 0.25) is 0 Å². The molecule has 3 rings (SSSR count). The molecule has 1 aliphatic heterocycles. The van der Waals surface area contributed by atoms with Crippen LogP contribution in [-0.2, 0) is 6.54 Å². The molecule has 27 heavy (non-hydrogen) atoms. The van der Waals surface area contributed by atoms with Crippen LogP contribution in [0.15, 0.2) is 36.4 Å². The summed E-state index contributed by atoms with van der Waals surface area (Å²) in [4.78, 5) is 15.6. The number of hydrogen-bond donors (Lipinski definition) is 0. The Bertz CT molecular complexity index is 805. The number of methoxy groups -OCH3 is 2. The smallest absolute Gasteiger partial charge is 0.277 e. The van der Waals surface area contributed by atoms with E-state index < -0.39 is 0 Å². The predicted octanol–water partition coefficient (Wildman–Crippen LogP) is 3.59. The Labute approximate surface area is 163 Å². The topological polar surface area (TPSA) is 68.1 Å². The number of piperazine rings is 1. The van der Waals surface area contributed by atoms with Crippen LogP contribution in [0, 0.1) is 10.1 Å². The number of nitro benzene ring substituents is 1. The van der Waals surface area contributed by atoms with Crippen LogP contribution >= 0.6 is 11.6 Å². The second-order valence-electron chi connectivity index (χ2n) is 6.33. The van der Waals surface area contributed by atoms with E-state index in [1.54, 1.807) is 6.07 Å². The molecule has 1 fully saturated rings. The maximum atomic E-state index is 11.5. The molecule has 0 aliphatic carbocycles. The number of anilines is 1. The molecular weight excluding hydrogens is 370 g/mol. The van der Waals surface area contributed by atoms with Crippen LogP contribution in [0.3, 0.4) is 0 Å². The Kier molecular flexibility index (Phi) is 6.03. The maximum absolute atomic E-state index is 11.5. The minimum Gasteiger partial charge on any atom is -0.493 e. The van der Waals surface area contributed by atoms with Crippen molar-refractivity contribution in [2.24, 2.45) is 0 Å². The zero-order valence-corrected chi connectivity index (χ0v) is 16.1. The molecule has 1 saturated heterocycles. The van der Waals surface area contributed by atoms with Crippen molar-refractivity contribution in [3.05, 3.63) is 57.1 Å². The van der Waals surface area contributed by atoms with E-state index in [1.807, 2.05) is 24.3 Å². The van der Waals surface area contributed by atoms with Crippen molar-refractivity contribution in [2.45, 2.75) is 6.54 Å². The van der Waals surface area contributed by atoms with Gasteiger partial charge in [0.15, 0.2) is 11.5 Å². The number of rotatable bonds is 6. The largest absolute Gasteiger partial charge is 0.493 e. The number of halogens is 1. The maximum Gasteiger partial charge on any atom is 0.277 e. The molecule has 1 heterocycles. The van der Waals surface area contributed by atoms with E-state index in [2.05, 4.69) is 9.80 Å². The van der Waals surface area contributed by atoms with Crippen molar-refractivity contribution >= 4 is 23.0 Å². The van der Waals surface area contributed by atoms with Gasteiger partial charge in [-0.2, -0.15) is 0 Å². The summed E-state index contributed by atoms with van der Waals surface area (Å²) >= 11 is 5.95. The van der Waals surface area contributed by atoms with E-state index in [0.717, 1.165) is 36.9 Å². The molecule has 2 aromatic rings. The third-order valence-corrected chi connectivity index (χ3v) is 4.99. The highest BCUT2D eigenvalue weighted by Gasteiger charge is 2.23. The van der Waals surface area contributed by atoms with Gasteiger partial charge in [-0.25, -0.2) is 0 Å². The molecular formula is C19H22ClN3O4. The van der Waals surface area contributed by atoms with E-state index in [1.165, 1.54) is 20.3 Å². The van der Waals surface area contributed by atoms with Gasteiger partial charge in [0.25, 0.3) is 5.69 Å².